The number of aromatic nitrogens is 3. The van der Waals surface area contributed by atoms with Crippen molar-refractivity contribution in [3.63, 3.8) is 0 Å². The number of rotatable bonds is 2. The first-order chi connectivity index (χ1) is 9.65. The van der Waals surface area contributed by atoms with Crippen molar-refractivity contribution in [2.45, 2.75) is 25.8 Å². The van der Waals surface area contributed by atoms with Crippen LogP contribution in [0.25, 0.3) is 0 Å². The summed E-state index contributed by atoms with van der Waals surface area (Å²) >= 11 is 0. The van der Waals surface area contributed by atoms with Crippen LogP contribution >= 0.6 is 0 Å². The first-order valence-corrected chi connectivity index (χ1v) is 6.42. The number of aromatic hydroxyl groups is 1. The smallest absolute Gasteiger partial charge is 0.262 e. The molecular formula is C13H14N4O3. The van der Waals surface area contributed by atoms with Gasteiger partial charge < -0.3 is 20.0 Å². The summed E-state index contributed by atoms with van der Waals surface area (Å²) in [5.41, 5.74) is -0.434. The van der Waals surface area contributed by atoms with E-state index in [9.17, 15) is 14.7 Å². The Balaban J connectivity index is 1.86. The molecule has 0 aliphatic carbocycles. The predicted molar refractivity (Wildman–Crippen MR) is 71.8 cm³/mol. The molecule has 7 nitrogen and oxygen atoms in total. The van der Waals surface area contributed by atoms with E-state index in [1.165, 1.54) is 6.20 Å². The number of hydrogen-bond acceptors (Lipinski definition) is 4. The highest BCUT2D eigenvalue weighted by Gasteiger charge is 2.18. The number of carbonyl (C=O) groups excluding carboxylic acids is 1. The fraction of sp³-hybridized carbons (Fsp3) is 0.308. The minimum absolute atomic E-state index is 0.0240. The molecule has 1 aliphatic rings. The first-order valence-electron chi connectivity index (χ1n) is 6.42. The van der Waals surface area contributed by atoms with Crippen molar-refractivity contribution in [2.24, 2.45) is 0 Å². The van der Waals surface area contributed by atoms with Gasteiger partial charge in [0, 0.05) is 25.2 Å². The zero-order chi connectivity index (χ0) is 14.1. The van der Waals surface area contributed by atoms with E-state index in [1.807, 2.05) is 4.57 Å². The van der Waals surface area contributed by atoms with Crippen molar-refractivity contribution in [3.05, 3.63) is 40.2 Å². The van der Waals surface area contributed by atoms with E-state index in [4.69, 9.17) is 0 Å². The molecule has 7 heteroatoms. The van der Waals surface area contributed by atoms with E-state index in [2.05, 4.69) is 15.3 Å². The number of pyridine rings is 1. The quantitative estimate of drug-likeness (QED) is 0.756. The predicted octanol–water partition coefficient (Wildman–Crippen LogP) is 0.866. The molecule has 0 radical (unpaired) electrons. The Morgan fingerprint density at radius 2 is 2.30 bits per heavy atom. The summed E-state index contributed by atoms with van der Waals surface area (Å²) in [6, 6.07) is 0.973. The van der Waals surface area contributed by atoms with Crippen LogP contribution in [0.5, 0.6) is 5.75 Å². The lowest BCUT2D eigenvalue weighted by atomic mass is 10.2. The van der Waals surface area contributed by atoms with Crippen LogP contribution in [0.2, 0.25) is 0 Å². The maximum atomic E-state index is 12.1. The lowest BCUT2D eigenvalue weighted by Gasteiger charge is -2.16. The Bertz CT molecular complexity index is 717. The average Bonchev–Trinajstić information content (AvgIpc) is 2.82. The summed E-state index contributed by atoms with van der Waals surface area (Å²) in [5, 5.41) is 12.3. The zero-order valence-electron chi connectivity index (χ0n) is 10.7. The fourth-order valence-electron chi connectivity index (χ4n) is 2.34. The second-order valence-electron chi connectivity index (χ2n) is 4.72. The van der Waals surface area contributed by atoms with E-state index in [0.717, 1.165) is 37.7 Å². The fourth-order valence-corrected chi connectivity index (χ4v) is 2.34. The van der Waals surface area contributed by atoms with Gasteiger partial charge in [-0.05, 0) is 12.8 Å². The largest absolute Gasteiger partial charge is 0.507 e. The van der Waals surface area contributed by atoms with Crippen molar-refractivity contribution in [2.75, 3.05) is 5.32 Å². The van der Waals surface area contributed by atoms with Gasteiger partial charge in [0.1, 0.15) is 17.4 Å². The number of imidazole rings is 1. The number of fused-ring (bicyclic) bond motifs is 1. The number of H-pyrrole nitrogens is 1. The summed E-state index contributed by atoms with van der Waals surface area (Å²) < 4.78 is 1.96. The maximum Gasteiger partial charge on any atom is 0.262 e. The van der Waals surface area contributed by atoms with Crippen molar-refractivity contribution >= 4 is 11.7 Å². The third kappa shape index (κ3) is 2.18. The molecule has 0 aromatic carbocycles. The Morgan fingerprint density at radius 1 is 1.45 bits per heavy atom. The lowest BCUT2D eigenvalue weighted by Crippen LogP contribution is -2.19. The van der Waals surface area contributed by atoms with Crippen molar-refractivity contribution in [3.8, 4) is 5.75 Å². The molecule has 3 heterocycles. The molecule has 0 bridgehead atoms. The molecule has 0 spiro atoms. The molecule has 2 aromatic rings. The number of anilines is 1. The summed E-state index contributed by atoms with van der Waals surface area (Å²) in [6.07, 6.45) is 5.86. The molecule has 0 fully saturated rings. The number of carbonyl (C=O) groups is 1. The van der Waals surface area contributed by atoms with Gasteiger partial charge >= 0.3 is 0 Å². The van der Waals surface area contributed by atoms with Crippen LogP contribution in [0.15, 0.2) is 23.3 Å². The molecule has 0 atom stereocenters. The van der Waals surface area contributed by atoms with Gasteiger partial charge in [-0.3, -0.25) is 9.59 Å². The van der Waals surface area contributed by atoms with Gasteiger partial charge in [0.2, 0.25) is 0 Å². The monoisotopic (exact) mass is 274 g/mol. The maximum absolute atomic E-state index is 12.1. The summed E-state index contributed by atoms with van der Waals surface area (Å²) in [5.74, 6) is 0.740. The molecule has 2 aromatic heterocycles. The Labute approximate surface area is 114 Å². The molecule has 3 rings (SSSR count). The van der Waals surface area contributed by atoms with Gasteiger partial charge in [0.05, 0.1) is 11.8 Å². The summed E-state index contributed by atoms with van der Waals surface area (Å²) in [6.45, 7) is 0.822. The number of nitrogens with zero attached hydrogens (tertiary/aromatic N) is 2. The topological polar surface area (TPSA) is 100 Å². The van der Waals surface area contributed by atoms with Gasteiger partial charge in [0.25, 0.3) is 11.5 Å². The Hall–Kier alpha value is -2.57. The van der Waals surface area contributed by atoms with E-state index in [-0.39, 0.29) is 11.3 Å². The number of amides is 1. The minimum Gasteiger partial charge on any atom is -0.507 e. The highest BCUT2D eigenvalue weighted by molar-refractivity contribution is 6.05. The normalized spacial score (nSPS) is 13.8. The third-order valence-electron chi connectivity index (χ3n) is 3.36. The van der Waals surface area contributed by atoms with Crippen LogP contribution in [-0.4, -0.2) is 25.5 Å². The molecule has 0 saturated heterocycles. The molecular weight excluding hydrogens is 260 g/mol. The minimum atomic E-state index is -0.480. The molecule has 0 unspecified atom stereocenters. The number of hydrogen-bond donors (Lipinski definition) is 3. The molecule has 20 heavy (non-hydrogen) atoms. The van der Waals surface area contributed by atoms with Gasteiger partial charge in [-0.15, -0.1) is 0 Å². The molecule has 1 amide bonds. The van der Waals surface area contributed by atoms with Crippen molar-refractivity contribution in [1.29, 1.82) is 0 Å². The molecule has 1 aliphatic heterocycles. The highest BCUT2D eigenvalue weighted by atomic mass is 16.3. The summed E-state index contributed by atoms with van der Waals surface area (Å²) in [7, 11) is 0. The van der Waals surface area contributed by atoms with Crippen LogP contribution in [0, 0.1) is 0 Å². The second kappa shape index (κ2) is 4.84. The second-order valence-corrected chi connectivity index (χ2v) is 4.72. The van der Waals surface area contributed by atoms with Gasteiger partial charge in [-0.1, -0.05) is 0 Å². The van der Waals surface area contributed by atoms with E-state index in [1.54, 1.807) is 6.20 Å². The molecule has 3 N–H and O–H groups in total. The molecule has 0 saturated carbocycles. The SMILES string of the molecule is O=C(Nc1cnc2n1CCCC2)c1c[nH]c(=O)cc1O. The lowest BCUT2D eigenvalue weighted by molar-refractivity contribution is 0.102. The Morgan fingerprint density at radius 3 is 3.10 bits per heavy atom. The van der Waals surface area contributed by atoms with Gasteiger partial charge in [0.15, 0.2) is 0 Å². The van der Waals surface area contributed by atoms with Crippen molar-refractivity contribution in [1.82, 2.24) is 14.5 Å². The zero-order valence-corrected chi connectivity index (χ0v) is 10.7. The van der Waals surface area contributed by atoms with Crippen LogP contribution in [0.3, 0.4) is 0 Å². The van der Waals surface area contributed by atoms with Crippen molar-refractivity contribution < 1.29 is 9.90 Å². The van der Waals surface area contributed by atoms with Gasteiger partial charge in [-0.25, -0.2) is 4.98 Å². The van der Waals surface area contributed by atoms with E-state index < -0.39 is 11.5 Å². The molecule has 104 valence electrons. The number of aryl methyl sites for hydroxylation is 1. The summed E-state index contributed by atoms with van der Waals surface area (Å²) in [4.78, 5) is 29.7. The Kier molecular flexibility index (Phi) is 3.02. The highest BCUT2D eigenvalue weighted by Crippen LogP contribution is 2.21. The van der Waals surface area contributed by atoms with Gasteiger partial charge in [-0.2, -0.15) is 0 Å². The van der Waals surface area contributed by atoms with E-state index in [0.29, 0.717) is 5.82 Å². The van der Waals surface area contributed by atoms with E-state index >= 15 is 0 Å². The van der Waals surface area contributed by atoms with Crippen LogP contribution in [0.4, 0.5) is 5.82 Å². The number of nitrogens with one attached hydrogen (secondary N) is 2. The number of aromatic amines is 1. The van der Waals surface area contributed by atoms with Crippen LogP contribution < -0.4 is 10.9 Å². The standard InChI is InChI=1S/C13H14N4O3/c18-9-5-12(19)15-6-8(9)13(20)16-11-7-14-10-3-1-2-4-17(10)11/h5-7H,1-4H2,(H,16,20)(H2,15,18,19). The van der Waals surface area contributed by atoms with Crippen LogP contribution in [-0.2, 0) is 13.0 Å². The first kappa shape index (κ1) is 12.5. The third-order valence-corrected chi connectivity index (χ3v) is 3.36. The average molecular weight is 274 g/mol. The van der Waals surface area contributed by atoms with Crippen LogP contribution in [0.1, 0.15) is 29.0 Å².